The van der Waals surface area contributed by atoms with Crippen molar-refractivity contribution in [2.45, 2.75) is 0 Å². The Morgan fingerprint density at radius 1 is 0.306 bits per heavy atom. The molecule has 49 heavy (non-hydrogen) atoms. The van der Waals surface area contributed by atoms with Crippen LogP contribution in [0.25, 0.3) is 98.8 Å². The smallest absolute Gasteiger partial charge is 0.137 e. The lowest BCUT2D eigenvalue weighted by atomic mass is 10.0. The van der Waals surface area contributed by atoms with Gasteiger partial charge in [0.25, 0.3) is 0 Å². The van der Waals surface area contributed by atoms with Crippen molar-refractivity contribution in [1.29, 1.82) is 0 Å². The zero-order valence-electron chi connectivity index (χ0n) is 26.5. The van der Waals surface area contributed by atoms with Crippen LogP contribution in [-0.4, -0.2) is 9.13 Å². The Labute approximate surface area is 281 Å². The highest BCUT2D eigenvalue weighted by molar-refractivity contribution is 6.22. The van der Waals surface area contributed by atoms with Crippen LogP contribution in [-0.2, 0) is 0 Å². The Morgan fingerprint density at radius 2 is 0.898 bits per heavy atom. The fourth-order valence-electron chi connectivity index (χ4n) is 8.00. The highest BCUT2D eigenvalue weighted by atomic mass is 16.3. The van der Waals surface area contributed by atoms with Gasteiger partial charge in [0.05, 0.1) is 22.1 Å². The maximum absolute atomic E-state index is 6.39. The second-order valence-corrected chi connectivity index (χ2v) is 13.0. The van der Waals surface area contributed by atoms with Gasteiger partial charge in [-0.1, -0.05) is 103 Å². The summed E-state index contributed by atoms with van der Waals surface area (Å²) in [6, 6.07) is 61.4. The fourth-order valence-corrected chi connectivity index (χ4v) is 8.00. The van der Waals surface area contributed by atoms with Crippen LogP contribution in [0, 0.1) is 0 Å². The number of para-hydroxylation sites is 3. The second kappa shape index (κ2) is 9.96. The average molecular weight is 625 g/mol. The van der Waals surface area contributed by atoms with Crippen molar-refractivity contribution in [2.24, 2.45) is 0 Å². The van der Waals surface area contributed by atoms with E-state index in [1.54, 1.807) is 0 Å². The molecular weight excluding hydrogens is 597 g/mol. The summed E-state index contributed by atoms with van der Waals surface area (Å²) in [4.78, 5) is 0. The standard InChI is InChI=1S/C46H28N2O/c1-2-12-33(13-3-1)48-43-27-42-37(25-38(43)39-26-40-36-15-7-9-17-45(36)49-46(40)28-44(39)48)35-14-6-8-16-41(35)47(42)34-22-20-30(21-23-34)32-19-18-29-10-4-5-11-31(29)24-32/h1-28H. The number of rotatable bonds is 3. The molecule has 0 fully saturated rings. The molecule has 0 saturated carbocycles. The van der Waals surface area contributed by atoms with Crippen LogP contribution in [0.3, 0.4) is 0 Å². The number of nitrogens with zero attached hydrogens (tertiary/aromatic N) is 2. The maximum atomic E-state index is 6.39. The summed E-state index contributed by atoms with van der Waals surface area (Å²) in [6.07, 6.45) is 0. The lowest BCUT2D eigenvalue weighted by molar-refractivity contribution is 0.669. The molecule has 11 rings (SSSR count). The van der Waals surface area contributed by atoms with Crippen LogP contribution in [0.5, 0.6) is 0 Å². The molecule has 0 amide bonds. The largest absolute Gasteiger partial charge is 0.456 e. The summed E-state index contributed by atoms with van der Waals surface area (Å²) in [7, 11) is 0. The van der Waals surface area contributed by atoms with Gasteiger partial charge < -0.3 is 13.6 Å². The van der Waals surface area contributed by atoms with E-state index in [-0.39, 0.29) is 0 Å². The first-order chi connectivity index (χ1) is 24.3. The number of benzene rings is 8. The summed E-state index contributed by atoms with van der Waals surface area (Å²) >= 11 is 0. The molecule has 0 radical (unpaired) electrons. The van der Waals surface area contributed by atoms with E-state index >= 15 is 0 Å². The highest BCUT2D eigenvalue weighted by Crippen LogP contribution is 2.42. The summed E-state index contributed by atoms with van der Waals surface area (Å²) < 4.78 is 11.2. The number of furan rings is 1. The molecule has 0 N–H and O–H groups in total. The normalized spacial score (nSPS) is 12.1. The van der Waals surface area contributed by atoms with E-state index in [2.05, 4.69) is 173 Å². The van der Waals surface area contributed by atoms with Gasteiger partial charge in [-0.2, -0.15) is 0 Å². The predicted octanol–water partition coefficient (Wildman–Crippen LogP) is 12.6. The molecule has 3 heterocycles. The number of fused-ring (bicyclic) bond motifs is 10. The first-order valence-corrected chi connectivity index (χ1v) is 16.8. The van der Waals surface area contributed by atoms with E-state index < -0.39 is 0 Å². The lowest BCUT2D eigenvalue weighted by Gasteiger charge is -2.11. The van der Waals surface area contributed by atoms with Gasteiger partial charge in [-0.25, -0.2) is 0 Å². The summed E-state index contributed by atoms with van der Waals surface area (Å²) in [5.41, 5.74) is 11.2. The van der Waals surface area contributed by atoms with Crippen LogP contribution in [0.4, 0.5) is 0 Å². The Kier molecular flexibility index (Phi) is 5.38. The van der Waals surface area contributed by atoms with Crippen molar-refractivity contribution >= 4 is 76.3 Å². The lowest BCUT2D eigenvalue weighted by Crippen LogP contribution is -1.96. The van der Waals surface area contributed by atoms with Crippen molar-refractivity contribution < 1.29 is 4.42 Å². The highest BCUT2D eigenvalue weighted by Gasteiger charge is 2.20. The van der Waals surface area contributed by atoms with Crippen LogP contribution in [0.15, 0.2) is 174 Å². The topological polar surface area (TPSA) is 23.0 Å². The molecule has 0 spiro atoms. The average Bonchev–Trinajstić information content (AvgIpc) is 3.80. The first-order valence-electron chi connectivity index (χ1n) is 16.8. The molecule has 0 saturated heterocycles. The minimum absolute atomic E-state index is 0.903. The van der Waals surface area contributed by atoms with Gasteiger partial charge in [0.2, 0.25) is 0 Å². The van der Waals surface area contributed by atoms with Crippen LogP contribution >= 0.6 is 0 Å². The zero-order chi connectivity index (χ0) is 32.1. The molecule has 0 aliphatic heterocycles. The quantitative estimate of drug-likeness (QED) is 0.192. The number of hydrogen-bond donors (Lipinski definition) is 0. The van der Waals surface area contributed by atoms with E-state index in [0.717, 1.165) is 38.8 Å². The van der Waals surface area contributed by atoms with E-state index in [0.29, 0.717) is 0 Å². The van der Waals surface area contributed by atoms with Crippen LogP contribution in [0.2, 0.25) is 0 Å². The second-order valence-electron chi connectivity index (χ2n) is 13.0. The van der Waals surface area contributed by atoms with Gasteiger partial charge in [-0.05, 0) is 82.6 Å². The molecule has 3 nitrogen and oxygen atoms in total. The maximum Gasteiger partial charge on any atom is 0.137 e. The van der Waals surface area contributed by atoms with Gasteiger partial charge >= 0.3 is 0 Å². The summed E-state index contributed by atoms with van der Waals surface area (Å²) in [5, 5.41) is 9.73. The molecule has 8 aromatic carbocycles. The molecule has 0 bridgehead atoms. The Morgan fingerprint density at radius 3 is 1.73 bits per heavy atom. The van der Waals surface area contributed by atoms with Crippen molar-refractivity contribution in [3.05, 3.63) is 170 Å². The molecule has 11 aromatic rings. The molecule has 0 atom stereocenters. The first kappa shape index (κ1) is 26.5. The van der Waals surface area contributed by atoms with Crippen molar-refractivity contribution in [3.8, 4) is 22.5 Å². The van der Waals surface area contributed by atoms with Crippen molar-refractivity contribution in [2.75, 3.05) is 0 Å². The fraction of sp³-hybridized carbons (Fsp3) is 0. The SMILES string of the molecule is c1ccc(-n2c3cc4oc5ccccc5c4cc3c3cc4c5ccccc5n(-c5ccc(-c6ccc7ccccc7c6)cc5)c4cc32)cc1. The minimum atomic E-state index is 0.903. The van der Waals surface area contributed by atoms with E-state index in [1.165, 1.54) is 60.0 Å². The van der Waals surface area contributed by atoms with E-state index in [9.17, 15) is 0 Å². The minimum Gasteiger partial charge on any atom is -0.456 e. The molecule has 228 valence electrons. The van der Waals surface area contributed by atoms with Crippen molar-refractivity contribution in [3.63, 3.8) is 0 Å². The van der Waals surface area contributed by atoms with E-state index in [4.69, 9.17) is 4.42 Å². The molecule has 0 aliphatic rings. The molecular formula is C46H28N2O. The Bertz CT molecular complexity index is 3090. The van der Waals surface area contributed by atoms with Crippen LogP contribution in [0.1, 0.15) is 0 Å². The van der Waals surface area contributed by atoms with Gasteiger partial charge in [0.15, 0.2) is 0 Å². The monoisotopic (exact) mass is 624 g/mol. The third-order valence-electron chi connectivity index (χ3n) is 10.3. The van der Waals surface area contributed by atoms with Crippen LogP contribution < -0.4 is 0 Å². The Balaban J connectivity index is 1.18. The summed E-state index contributed by atoms with van der Waals surface area (Å²) in [6.45, 7) is 0. The van der Waals surface area contributed by atoms with Gasteiger partial charge in [0.1, 0.15) is 11.2 Å². The molecule has 0 aliphatic carbocycles. The predicted molar refractivity (Wildman–Crippen MR) is 205 cm³/mol. The zero-order valence-corrected chi connectivity index (χ0v) is 26.5. The number of hydrogen-bond acceptors (Lipinski definition) is 1. The molecule has 3 heteroatoms. The van der Waals surface area contributed by atoms with E-state index in [1.807, 2.05) is 6.07 Å². The third-order valence-corrected chi connectivity index (χ3v) is 10.3. The number of aromatic nitrogens is 2. The summed E-state index contributed by atoms with van der Waals surface area (Å²) in [5.74, 6) is 0. The molecule has 0 unspecified atom stereocenters. The van der Waals surface area contributed by atoms with Gasteiger partial charge in [-0.3, -0.25) is 0 Å². The van der Waals surface area contributed by atoms with Gasteiger partial charge in [-0.15, -0.1) is 0 Å². The Hall–Kier alpha value is -6.58. The van der Waals surface area contributed by atoms with Gasteiger partial charge in [0, 0.05) is 49.8 Å². The third kappa shape index (κ3) is 3.84. The molecule has 3 aromatic heterocycles. The van der Waals surface area contributed by atoms with Crippen molar-refractivity contribution in [1.82, 2.24) is 9.13 Å².